The SMILES string of the molecule is Cc1nnc(CCCOc2nonc2-c2noc(=O)n2-c2ccc(F)c(Cl)c2)o1. The summed E-state index contributed by atoms with van der Waals surface area (Å²) < 4.78 is 34.8. The Morgan fingerprint density at radius 2 is 2.10 bits per heavy atom. The van der Waals surface area contributed by atoms with Gasteiger partial charge in [0.1, 0.15) is 5.82 Å². The Labute approximate surface area is 166 Å². The molecule has 29 heavy (non-hydrogen) atoms. The van der Waals surface area contributed by atoms with Crippen molar-refractivity contribution in [2.75, 3.05) is 6.61 Å². The molecule has 0 fully saturated rings. The van der Waals surface area contributed by atoms with Crippen molar-refractivity contribution >= 4 is 11.6 Å². The van der Waals surface area contributed by atoms with Crippen LogP contribution in [0.15, 0.2) is 36.6 Å². The highest BCUT2D eigenvalue weighted by atomic mass is 35.5. The lowest BCUT2D eigenvalue weighted by atomic mass is 10.3. The molecule has 0 aliphatic carbocycles. The van der Waals surface area contributed by atoms with Crippen molar-refractivity contribution < 1.29 is 22.7 Å². The van der Waals surface area contributed by atoms with Gasteiger partial charge in [0, 0.05) is 13.3 Å². The molecule has 0 radical (unpaired) electrons. The molecule has 0 saturated heterocycles. The lowest BCUT2D eigenvalue weighted by molar-refractivity contribution is 0.251. The second kappa shape index (κ2) is 7.83. The standard InChI is InChI=1S/C16H12ClFN6O5/c1-8-19-20-12(27-8)3-2-6-26-15-13(21-29-23-15)14-22-28-16(25)24(14)9-4-5-11(18)10(17)7-9/h4-5,7H,2-3,6H2,1H3. The van der Waals surface area contributed by atoms with Gasteiger partial charge in [-0.2, -0.15) is 0 Å². The van der Waals surface area contributed by atoms with Gasteiger partial charge in [-0.05, 0) is 34.9 Å². The highest BCUT2D eigenvalue weighted by molar-refractivity contribution is 6.30. The summed E-state index contributed by atoms with van der Waals surface area (Å²) in [7, 11) is 0. The molecule has 0 aliphatic rings. The fourth-order valence-electron chi connectivity index (χ4n) is 2.49. The Kier molecular flexibility index (Phi) is 5.08. The minimum absolute atomic E-state index is 0.00182. The molecule has 13 heteroatoms. The van der Waals surface area contributed by atoms with E-state index in [1.807, 2.05) is 0 Å². The Morgan fingerprint density at radius 1 is 1.24 bits per heavy atom. The van der Waals surface area contributed by atoms with Gasteiger partial charge in [-0.15, -0.1) is 10.2 Å². The van der Waals surface area contributed by atoms with Crippen LogP contribution in [0.3, 0.4) is 0 Å². The third kappa shape index (κ3) is 3.87. The lowest BCUT2D eigenvalue weighted by Gasteiger charge is -2.05. The van der Waals surface area contributed by atoms with E-state index in [-0.39, 0.29) is 34.7 Å². The van der Waals surface area contributed by atoms with Gasteiger partial charge in [0.2, 0.25) is 23.3 Å². The first-order valence-corrected chi connectivity index (χ1v) is 8.69. The molecule has 11 nitrogen and oxygen atoms in total. The van der Waals surface area contributed by atoms with Gasteiger partial charge in [0.25, 0.3) is 5.88 Å². The summed E-state index contributed by atoms with van der Waals surface area (Å²) in [6.07, 6.45) is 1.05. The van der Waals surface area contributed by atoms with Crippen LogP contribution in [0.1, 0.15) is 18.2 Å². The monoisotopic (exact) mass is 422 g/mol. The number of aromatic nitrogens is 6. The number of aryl methyl sites for hydroxylation is 2. The predicted octanol–water partition coefficient (Wildman–Crippen LogP) is 2.37. The minimum atomic E-state index is -0.830. The summed E-state index contributed by atoms with van der Waals surface area (Å²) in [5.74, 6) is -0.534. The summed E-state index contributed by atoms with van der Waals surface area (Å²) in [6.45, 7) is 1.93. The van der Waals surface area contributed by atoms with Crippen LogP contribution < -0.4 is 10.5 Å². The first-order valence-electron chi connectivity index (χ1n) is 8.32. The molecular weight excluding hydrogens is 411 g/mol. The van der Waals surface area contributed by atoms with Crippen LogP contribution in [0.25, 0.3) is 17.2 Å². The number of halogens is 2. The second-order valence-electron chi connectivity index (χ2n) is 5.79. The first kappa shape index (κ1) is 18.8. The number of hydrogen-bond donors (Lipinski definition) is 0. The molecule has 4 rings (SSSR count). The van der Waals surface area contributed by atoms with Crippen molar-refractivity contribution in [1.29, 1.82) is 0 Å². The van der Waals surface area contributed by atoms with Crippen LogP contribution in [0.2, 0.25) is 5.02 Å². The molecule has 0 N–H and O–H groups in total. The van der Waals surface area contributed by atoms with E-state index < -0.39 is 11.6 Å². The second-order valence-corrected chi connectivity index (χ2v) is 6.20. The fraction of sp³-hybridized carbons (Fsp3) is 0.250. The van der Waals surface area contributed by atoms with Crippen LogP contribution in [-0.2, 0) is 6.42 Å². The molecule has 3 heterocycles. The molecule has 0 spiro atoms. The minimum Gasteiger partial charge on any atom is -0.474 e. The largest absolute Gasteiger partial charge is 0.474 e. The first-order chi connectivity index (χ1) is 14.0. The third-order valence-corrected chi connectivity index (χ3v) is 4.07. The number of benzene rings is 1. The molecule has 0 aliphatic heterocycles. The van der Waals surface area contributed by atoms with Crippen LogP contribution in [0.4, 0.5) is 4.39 Å². The van der Waals surface area contributed by atoms with Crippen LogP contribution in [0.5, 0.6) is 5.88 Å². The molecule has 0 unspecified atom stereocenters. The van der Waals surface area contributed by atoms with E-state index in [2.05, 4.69) is 25.7 Å². The van der Waals surface area contributed by atoms with E-state index in [9.17, 15) is 9.18 Å². The zero-order valence-electron chi connectivity index (χ0n) is 14.8. The summed E-state index contributed by atoms with van der Waals surface area (Å²) in [5.41, 5.74) is 0.253. The molecule has 1 aromatic carbocycles. The Morgan fingerprint density at radius 3 is 2.86 bits per heavy atom. The summed E-state index contributed by atoms with van der Waals surface area (Å²) >= 11 is 5.80. The smallest absolute Gasteiger partial charge is 0.446 e. The van der Waals surface area contributed by atoms with E-state index in [1.54, 1.807) is 6.92 Å². The summed E-state index contributed by atoms with van der Waals surface area (Å²) in [4.78, 5) is 12.1. The Balaban J connectivity index is 1.54. The number of hydrogen-bond acceptors (Lipinski definition) is 10. The van der Waals surface area contributed by atoms with E-state index in [1.165, 1.54) is 12.1 Å². The number of nitrogens with zero attached hydrogens (tertiary/aromatic N) is 6. The molecule has 3 aromatic heterocycles. The van der Waals surface area contributed by atoms with Crippen molar-refractivity contribution in [2.45, 2.75) is 19.8 Å². The van der Waals surface area contributed by atoms with Gasteiger partial charge in [-0.25, -0.2) is 18.4 Å². The van der Waals surface area contributed by atoms with Gasteiger partial charge >= 0.3 is 5.76 Å². The molecule has 4 aromatic rings. The normalized spacial score (nSPS) is 11.1. The van der Waals surface area contributed by atoms with E-state index in [4.69, 9.17) is 29.9 Å². The summed E-state index contributed by atoms with van der Waals surface area (Å²) in [5, 5.41) is 18.5. The van der Waals surface area contributed by atoms with Gasteiger partial charge in [0.15, 0.2) is 0 Å². The predicted molar refractivity (Wildman–Crippen MR) is 93.2 cm³/mol. The van der Waals surface area contributed by atoms with Crippen LogP contribution in [-0.4, -0.2) is 36.8 Å². The van der Waals surface area contributed by atoms with E-state index >= 15 is 0 Å². The van der Waals surface area contributed by atoms with Crippen LogP contribution in [0, 0.1) is 12.7 Å². The number of ether oxygens (including phenoxy) is 1. The molecule has 150 valence electrons. The van der Waals surface area contributed by atoms with Crippen molar-refractivity contribution in [2.24, 2.45) is 0 Å². The quantitative estimate of drug-likeness (QED) is 0.408. The van der Waals surface area contributed by atoms with Crippen LogP contribution >= 0.6 is 11.6 Å². The summed E-state index contributed by atoms with van der Waals surface area (Å²) in [6, 6.07) is 3.70. The zero-order chi connectivity index (χ0) is 20.4. The Bertz CT molecular complexity index is 1200. The van der Waals surface area contributed by atoms with Gasteiger partial charge in [-0.1, -0.05) is 16.8 Å². The van der Waals surface area contributed by atoms with Gasteiger partial charge in [0.05, 0.1) is 17.3 Å². The lowest BCUT2D eigenvalue weighted by Crippen LogP contribution is -2.13. The van der Waals surface area contributed by atoms with E-state index in [0.717, 1.165) is 10.6 Å². The maximum Gasteiger partial charge on any atom is 0.446 e. The Hall–Kier alpha value is -3.54. The fourth-order valence-corrected chi connectivity index (χ4v) is 2.67. The average molecular weight is 423 g/mol. The maximum absolute atomic E-state index is 13.4. The van der Waals surface area contributed by atoms with Gasteiger partial charge in [-0.3, -0.25) is 4.52 Å². The molecule has 0 bridgehead atoms. The van der Waals surface area contributed by atoms with Crippen molar-refractivity contribution in [3.8, 4) is 23.1 Å². The van der Waals surface area contributed by atoms with Crippen molar-refractivity contribution in [3.05, 3.63) is 51.4 Å². The third-order valence-electron chi connectivity index (χ3n) is 3.78. The topological polar surface area (TPSA) is 135 Å². The zero-order valence-corrected chi connectivity index (χ0v) is 15.6. The molecular formula is C16H12ClFN6O5. The van der Waals surface area contributed by atoms with Crippen molar-refractivity contribution in [1.82, 2.24) is 30.2 Å². The average Bonchev–Trinajstić information content (AvgIpc) is 3.41. The maximum atomic E-state index is 13.4. The molecule has 0 amide bonds. The van der Waals surface area contributed by atoms with Gasteiger partial charge < -0.3 is 9.15 Å². The van der Waals surface area contributed by atoms with E-state index in [0.29, 0.717) is 24.6 Å². The number of rotatable bonds is 7. The van der Waals surface area contributed by atoms with Crippen molar-refractivity contribution in [3.63, 3.8) is 0 Å². The highest BCUT2D eigenvalue weighted by Gasteiger charge is 2.24. The highest BCUT2D eigenvalue weighted by Crippen LogP contribution is 2.27. The molecule has 0 saturated carbocycles. The molecule has 0 atom stereocenters.